The summed E-state index contributed by atoms with van der Waals surface area (Å²) in [7, 11) is 0. The first kappa shape index (κ1) is 8.41. The van der Waals surface area contributed by atoms with Gasteiger partial charge in [-0.2, -0.15) is 0 Å². The third-order valence-corrected chi connectivity index (χ3v) is 2.29. The molecule has 0 spiro atoms. The van der Waals surface area contributed by atoms with Gasteiger partial charge in [-0.3, -0.25) is 4.79 Å². The van der Waals surface area contributed by atoms with Crippen LogP contribution >= 0.6 is 0 Å². The van der Waals surface area contributed by atoms with Gasteiger partial charge in [0.1, 0.15) is 19.5 Å². The highest BCUT2D eigenvalue weighted by Crippen LogP contribution is 2.34. The average Bonchev–Trinajstić information content (AvgIpc) is 2.85. The summed E-state index contributed by atoms with van der Waals surface area (Å²) in [6.07, 6.45) is 3.48. The molecule has 0 saturated heterocycles. The number of carbonyl (C=O) groups excluding carboxylic acids is 1. The van der Waals surface area contributed by atoms with Crippen LogP contribution in [0.25, 0.3) is 0 Å². The molecule has 1 fully saturated rings. The Morgan fingerprint density at radius 2 is 2.31 bits per heavy atom. The first-order chi connectivity index (χ1) is 6.20. The van der Waals surface area contributed by atoms with E-state index in [0.29, 0.717) is 19.0 Å². The molecule has 4 nitrogen and oxygen atoms in total. The minimum absolute atomic E-state index is 0.00126. The lowest BCUT2D eigenvalue weighted by Gasteiger charge is -2.17. The molecule has 0 radical (unpaired) electrons. The Hall–Kier alpha value is -1.19. The fourth-order valence-electron chi connectivity index (χ4n) is 1.14. The summed E-state index contributed by atoms with van der Waals surface area (Å²) >= 11 is 0. The standard InChI is InChI=1S/C9H13NO3/c1-9(2-3-9)10-8(11)7-6-12-4-5-13-7/h6H,2-5H2,1H3,(H,10,11). The van der Waals surface area contributed by atoms with Crippen molar-refractivity contribution < 1.29 is 14.3 Å². The molecule has 1 aliphatic heterocycles. The van der Waals surface area contributed by atoms with Crippen LogP contribution in [-0.4, -0.2) is 24.7 Å². The molecule has 1 aliphatic carbocycles. The number of rotatable bonds is 2. The normalized spacial score (nSPS) is 23.6. The van der Waals surface area contributed by atoms with E-state index in [9.17, 15) is 4.79 Å². The van der Waals surface area contributed by atoms with Crippen molar-refractivity contribution in [1.82, 2.24) is 5.32 Å². The van der Waals surface area contributed by atoms with Gasteiger partial charge in [0.25, 0.3) is 5.91 Å². The van der Waals surface area contributed by atoms with Gasteiger partial charge in [-0.15, -0.1) is 0 Å². The van der Waals surface area contributed by atoms with Crippen molar-refractivity contribution in [3.05, 3.63) is 12.0 Å². The lowest BCUT2D eigenvalue weighted by molar-refractivity contribution is -0.123. The first-order valence-electron chi connectivity index (χ1n) is 4.47. The van der Waals surface area contributed by atoms with Crippen molar-refractivity contribution in [2.75, 3.05) is 13.2 Å². The summed E-state index contributed by atoms with van der Waals surface area (Å²) in [6, 6.07) is 0. The van der Waals surface area contributed by atoms with E-state index in [1.807, 2.05) is 6.92 Å². The summed E-state index contributed by atoms with van der Waals surface area (Å²) in [5.41, 5.74) is -0.00126. The van der Waals surface area contributed by atoms with Crippen LogP contribution < -0.4 is 5.32 Å². The molecule has 1 saturated carbocycles. The van der Waals surface area contributed by atoms with Crippen LogP contribution in [0.1, 0.15) is 19.8 Å². The molecule has 0 aromatic heterocycles. The zero-order chi connectivity index (χ0) is 9.31. The zero-order valence-corrected chi connectivity index (χ0v) is 7.63. The fourth-order valence-corrected chi connectivity index (χ4v) is 1.14. The van der Waals surface area contributed by atoms with Gasteiger partial charge in [0, 0.05) is 5.54 Å². The van der Waals surface area contributed by atoms with Crippen molar-refractivity contribution in [1.29, 1.82) is 0 Å². The maximum absolute atomic E-state index is 11.5. The Kier molecular flexibility index (Phi) is 1.90. The van der Waals surface area contributed by atoms with Crippen LogP contribution in [0.15, 0.2) is 12.0 Å². The van der Waals surface area contributed by atoms with Crippen molar-refractivity contribution in [3.8, 4) is 0 Å². The summed E-state index contributed by atoms with van der Waals surface area (Å²) in [4.78, 5) is 11.5. The predicted molar refractivity (Wildman–Crippen MR) is 45.8 cm³/mol. The molecular formula is C9H13NO3. The van der Waals surface area contributed by atoms with Crippen LogP contribution in [0.2, 0.25) is 0 Å². The Labute approximate surface area is 76.9 Å². The number of hydrogen-bond acceptors (Lipinski definition) is 3. The van der Waals surface area contributed by atoms with Gasteiger partial charge in [-0.25, -0.2) is 0 Å². The van der Waals surface area contributed by atoms with E-state index in [1.54, 1.807) is 0 Å². The molecule has 2 aliphatic rings. The third kappa shape index (κ3) is 1.94. The molecule has 0 atom stereocenters. The van der Waals surface area contributed by atoms with E-state index in [0.717, 1.165) is 12.8 Å². The molecule has 0 bridgehead atoms. The lowest BCUT2D eigenvalue weighted by Crippen LogP contribution is -2.36. The third-order valence-electron chi connectivity index (χ3n) is 2.29. The second-order valence-corrected chi connectivity index (χ2v) is 3.72. The second kappa shape index (κ2) is 2.94. The molecule has 1 heterocycles. The molecule has 13 heavy (non-hydrogen) atoms. The minimum Gasteiger partial charge on any atom is -0.494 e. The van der Waals surface area contributed by atoms with Gasteiger partial charge in [0.05, 0.1) is 0 Å². The Balaban J connectivity index is 1.92. The highest BCUT2D eigenvalue weighted by Gasteiger charge is 2.39. The highest BCUT2D eigenvalue weighted by atomic mass is 16.6. The largest absolute Gasteiger partial charge is 0.494 e. The smallest absolute Gasteiger partial charge is 0.290 e. The number of carbonyl (C=O) groups is 1. The molecule has 0 aromatic carbocycles. The molecule has 72 valence electrons. The van der Waals surface area contributed by atoms with Crippen LogP contribution in [0, 0.1) is 0 Å². The van der Waals surface area contributed by atoms with E-state index in [-0.39, 0.29) is 11.4 Å². The van der Waals surface area contributed by atoms with Gasteiger partial charge in [0.15, 0.2) is 0 Å². The summed E-state index contributed by atoms with van der Waals surface area (Å²) in [6.45, 7) is 3.00. The zero-order valence-electron chi connectivity index (χ0n) is 7.63. The minimum atomic E-state index is -0.167. The molecule has 2 rings (SSSR count). The summed E-state index contributed by atoms with van der Waals surface area (Å²) in [5.74, 6) is 0.124. The van der Waals surface area contributed by atoms with Gasteiger partial charge in [-0.1, -0.05) is 0 Å². The van der Waals surface area contributed by atoms with Gasteiger partial charge >= 0.3 is 0 Å². The van der Waals surface area contributed by atoms with Crippen LogP contribution in [-0.2, 0) is 14.3 Å². The Morgan fingerprint density at radius 1 is 1.54 bits per heavy atom. The predicted octanol–water partition coefficient (Wildman–Crippen LogP) is 0.543. The van der Waals surface area contributed by atoms with Gasteiger partial charge < -0.3 is 14.8 Å². The lowest BCUT2D eigenvalue weighted by atomic mass is 10.3. The molecule has 4 heteroatoms. The van der Waals surface area contributed by atoms with Crippen LogP contribution in [0.5, 0.6) is 0 Å². The quantitative estimate of drug-likeness (QED) is 0.679. The number of hydrogen-bond donors (Lipinski definition) is 1. The van der Waals surface area contributed by atoms with E-state index in [2.05, 4.69) is 5.32 Å². The number of amides is 1. The van der Waals surface area contributed by atoms with E-state index < -0.39 is 0 Å². The maximum Gasteiger partial charge on any atom is 0.290 e. The SMILES string of the molecule is CC1(NC(=O)C2=COCCO2)CC1. The maximum atomic E-state index is 11.5. The van der Waals surface area contributed by atoms with E-state index in [1.165, 1.54) is 6.26 Å². The van der Waals surface area contributed by atoms with Crippen LogP contribution in [0.4, 0.5) is 0 Å². The molecule has 1 N–H and O–H groups in total. The van der Waals surface area contributed by atoms with Crippen molar-refractivity contribution in [2.45, 2.75) is 25.3 Å². The first-order valence-corrected chi connectivity index (χ1v) is 4.47. The van der Waals surface area contributed by atoms with Crippen molar-refractivity contribution in [3.63, 3.8) is 0 Å². The summed E-state index contributed by atoms with van der Waals surface area (Å²) in [5, 5.41) is 2.89. The van der Waals surface area contributed by atoms with Crippen molar-refractivity contribution >= 4 is 5.91 Å². The Bertz CT molecular complexity index is 256. The van der Waals surface area contributed by atoms with Crippen LogP contribution in [0.3, 0.4) is 0 Å². The summed E-state index contributed by atoms with van der Waals surface area (Å²) < 4.78 is 10.1. The molecular weight excluding hydrogens is 170 g/mol. The van der Waals surface area contributed by atoms with E-state index >= 15 is 0 Å². The Morgan fingerprint density at radius 3 is 2.85 bits per heavy atom. The average molecular weight is 183 g/mol. The molecule has 0 aromatic rings. The number of nitrogens with one attached hydrogen (secondary N) is 1. The molecule has 0 unspecified atom stereocenters. The highest BCUT2D eigenvalue weighted by molar-refractivity contribution is 5.92. The topological polar surface area (TPSA) is 47.6 Å². The van der Waals surface area contributed by atoms with Gasteiger partial charge in [-0.05, 0) is 19.8 Å². The van der Waals surface area contributed by atoms with Gasteiger partial charge in [0.2, 0.25) is 5.76 Å². The van der Waals surface area contributed by atoms with E-state index in [4.69, 9.17) is 9.47 Å². The number of ether oxygens (including phenoxy) is 2. The second-order valence-electron chi connectivity index (χ2n) is 3.72. The van der Waals surface area contributed by atoms with Crippen molar-refractivity contribution in [2.24, 2.45) is 0 Å². The monoisotopic (exact) mass is 183 g/mol. The molecule has 1 amide bonds. The fraction of sp³-hybridized carbons (Fsp3) is 0.667.